The predicted molar refractivity (Wildman–Crippen MR) is 112 cm³/mol. The summed E-state index contributed by atoms with van der Waals surface area (Å²) in [6.45, 7) is 0. The second-order valence-electron chi connectivity index (χ2n) is 5.89. The van der Waals surface area contributed by atoms with Gasteiger partial charge in [0.2, 0.25) is 0 Å². The highest BCUT2D eigenvalue weighted by Gasteiger charge is 2.16. The topological polar surface area (TPSA) is 84.5 Å². The average molecular weight is 406 g/mol. The van der Waals surface area contributed by atoms with Crippen LogP contribution in [0, 0.1) is 0 Å². The van der Waals surface area contributed by atoms with Crippen LogP contribution in [-0.2, 0) is 14.3 Å². The van der Waals surface area contributed by atoms with Crippen LogP contribution in [0.2, 0.25) is 0 Å². The maximum atomic E-state index is 12.3. The Morgan fingerprint density at radius 3 is 2.07 bits per heavy atom. The molecule has 0 fully saturated rings. The van der Waals surface area contributed by atoms with Crippen LogP contribution < -0.4 is 10.6 Å². The van der Waals surface area contributed by atoms with Crippen molar-refractivity contribution >= 4 is 40.9 Å². The fourth-order valence-electron chi connectivity index (χ4n) is 2.45. The van der Waals surface area contributed by atoms with Gasteiger partial charge in [0.1, 0.15) is 0 Å². The number of anilines is 2. The zero-order valence-corrected chi connectivity index (χ0v) is 16.4. The summed E-state index contributed by atoms with van der Waals surface area (Å²) in [4.78, 5) is 37.9. The number of benzene rings is 3. The predicted octanol–water partition coefficient (Wildman–Crippen LogP) is 4.20. The Kier molecular flexibility index (Phi) is 6.65. The number of hydrogen-bond acceptors (Lipinski definition) is 5. The molecule has 0 aliphatic carbocycles. The summed E-state index contributed by atoms with van der Waals surface area (Å²) < 4.78 is 4.62. The molecule has 2 amide bonds. The molecule has 0 atom stereocenters. The molecular formula is C22H18N2O4S. The first-order chi connectivity index (χ1) is 14.1. The van der Waals surface area contributed by atoms with Crippen LogP contribution in [0.3, 0.4) is 0 Å². The van der Waals surface area contributed by atoms with E-state index >= 15 is 0 Å². The Morgan fingerprint density at radius 1 is 0.759 bits per heavy atom. The quantitative estimate of drug-likeness (QED) is 0.490. The van der Waals surface area contributed by atoms with Crippen LogP contribution in [0.25, 0.3) is 0 Å². The summed E-state index contributed by atoms with van der Waals surface area (Å²) in [7, 11) is 1.29. The van der Waals surface area contributed by atoms with Crippen molar-refractivity contribution < 1.29 is 19.1 Å². The number of carbonyl (C=O) groups excluding carboxylic acids is 3. The molecule has 0 radical (unpaired) electrons. The summed E-state index contributed by atoms with van der Waals surface area (Å²) in [6.07, 6.45) is 0. The third kappa shape index (κ3) is 5.46. The summed E-state index contributed by atoms with van der Waals surface area (Å²) >= 11 is 1.49. The van der Waals surface area contributed by atoms with E-state index in [-0.39, 0.29) is 0 Å². The number of amides is 2. The smallest absolute Gasteiger partial charge is 0.337 e. The van der Waals surface area contributed by atoms with Crippen molar-refractivity contribution in [1.82, 2.24) is 0 Å². The molecule has 0 heterocycles. The van der Waals surface area contributed by atoms with E-state index in [1.54, 1.807) is 12.1 Å². The minimum absolute atomic E-state index is 0.349. The first kappa shape index (κ1) is 20.2. The number of ether oxygens (including phenoxy) is 1. The minimum Gasteiger partial charge on any atom is -0.465 e. The molecule has 0 aliphatic heterocycles. The molecule has 7 heteroatoms. The Morgan fingerprint density at radius 2 is 1.38 bits per heavy atom. The van der Waals surface area contributed by atoms with Crippen LogP contribution in [0.4, 0.5) is 11.4 Å². The third-order valence-corrected chi connectivity index (χ3v) is 4.96. The first-order valence-corrected chi connectivity index (χ1v) is 9.51. The highest BCUT2D eigenvalue weighted by atomic mass is 32.2. The molecule has 0 aromatic heterocycles. The second kappa shape index (κ2) is 9.57. The fourth-order valence-corrected chi connectivity index (χ4v) is 3.37. The van der Waals surface area contributed by atoms with Crippen molar-refractivity contribution in [2.24, 2.45) is 0 Å². The molecule has 0 bridgehead atoms. The zero-order chi connectivity index (χ0) is 20.6. The van der Waals surface area contributed by atoms with Crippen molar-refractivity contribution in [3.8, 4) is 0 Å². The summed E-state index contributed by atoms with van der Waals surface area (Å²) in [5.74, 6) is -2.08. The molecule has 0 unspecified atom stereocenters. The molecule has 2 N–H and O–H groups in total. The van der Waals surface area contributed by atoms with Gasteiger partial charge in [-0.2, -0.15) is 0 Å². The second-order valence-corrected chi connectivity index (χ2v) is 7.00. The lowest BCUT2D eigenvalue weighted by Crippen LogP contribution is -2.29. The van der Waals surface area contributed by atoms with Gasteiger partial charge in [0.25, 0.3) is 0 Å². The van der Waals surface area contributed by atoms with E-state index < -0.39 is 17.8 Å². The molecule has 3 rings (SSSR count). The highest BCUT2D eigenvalue weighted by Crippen LogP contribution is 2.33. The minimum atomic E-state index is -0.810. The first-order valence-electron chi connectivity index (χ1n) is 8.69. The fraction of sp³-hybridized carbons (Fsp3) is 0.0455. The van der Waals surface area contributed by atoms with Crippen molar-refractivity contribution in [3.05, 3.63) is 84.4 Å². The van der Waals surface area contributed by atoms with E-state index in [1.165, 1.54) is 43.1 Å². The van der Waals surface area contributed by atoms with Crippen LogP contribution >= 0.6 is 11.8 Å². The maximum absolute atomic E-state index is 12.3. The molecule has 146 valence electrons. The number of methoxy groups -OCH3 is 1. The van der Waals surface area contributed by atoms with Gasteiger partial charge in [-0.25, -0.2) is 4.79 Å². The van der Waals surface area contributed by atoms with Crippen LogP contribution in [0.1, 0.15) is 10.4 Å². The van der Waals surface area contributed by atoms with E-state index in [4.69, 9.17) is 0 Å². The molecule has 0 saturated heterocycles. The Balaban J connectivity index is 1.65. The SMILES string of the molecule is COC(=O)c1ccc(NC(=O)C(=O)Nc2ccccc2Sc2ccccc2)cc1. The van der Waals surface area contributed by atoms with Gasteiger partial charge in [-0.15, -0.1) is 0 Å². The number of rotatable bonds is 5. The largest absolute Gasteiger partial charge is 0.465 e. The van der Waals surface area contributed by atoms with Crippen molar-refractivity contribution in [2.45, 2.75) is 9.79 Å². The van der Waals surface area contributed by atoms with Gasteiger partial charge in [-0.1, -0.05) is 42.1 Å². The number of nitrogens with one attached hydrogen (secondary N) is 2. The van der Waals surface area contributed by atoms with Gasteiger partial charge in [0, 0.05) is 15.5 Å². The summed E-state index contributed by atoms with van der Waals surface area (Å²) in [6, 6.07) is 23.0. The molecule has 0 aliphatic rings. The highest BCUT2D eigenvalue weighted by molar-refractivity contribution is 7.99. The monoisotopic (exact) mass is 406 g/mol. The Hall–Kier alpha value is -3.58. The van der Waals surface area contributed by atoms with Crippen molar-refractivity contribution in [3.63, 3.8) is 0 Å². The zero-order valence-electron chi connectivity index (χ0n) is 15.5. The average Bonchev–Trinajstić information content (AvgIpc) is 2.75. The number of para-hydroxylation sites is 1. The van der Waals surface area contributed by atoms with E-state index in [1.807, 2.05) is 42.5 Å². The molecule has 6 nitrogen and oxygen atoms in total. The number of carbonyl (C=O) groups is 3. The van der Waals surface area contributed by atoms with Gasteiger partial charge >= 0.3 is 17.8 Å². The lowest BCUT2D eigenvalue weighted by Gasteiger charge is -2.11. The van der Waals surface area contributed by atoms with E-state index in [9.17, 15) is 14.4 Å². The Labute approximate surface area is 172 Å². The molecule has 0 saturated carbocycles. The standard InChI is InChI=1S/C22H18N2O4S/c1-28-22(27)15-11-13-16(14-12-15)23-20(25)21(26)24-18-9-5-6-10-19(18)29-17-7-3-2-4-8-17/h2-14H,1H3,(H,23,25)(H,24,26). The van der Waals surface area contributed by atoms with Gasteiger partial charge in [-0.3, -0.25) is 9.59 Å². The lowest BCUT2D eigenvalue weighted by atomic mass is 10.2. The van der Waals surface area contributed by atoms with Gasteiger partial charge in [0.05, 0.1) is 18.4 Å². The summed E-state index contributed by atoms with van der Waals surface area (Å²) in [5, 5.41) is 5.15. The molecule has 0 spiro atoms. The van der Waals surface area contributed by atoms with E-state index in [0.717, 1.165) is 9.79 Å². The van der Waals surface area contributed by atoms with Crippen LogP contribution in [-0.4, -0.2) is 24.9 Å². The van der Waals surface area contributed by atoms with E-state index in [2.05, 4.69) is 15.4 Å². The maximum Gasteiger partial charge on any atom is 0.337 e. The van der Waals surface area contributed by atoms with Gasteiger partial charge in [0.15, 0.2) is 0 Å². The molecule has 3 aromatic rings. The number of esters is 1. The van der Waals surface area contributed by atoms with Crippen LogP contribution in [0.15, 0.2) is 88.7 Å². The third-order valence-electron chi connectivity index (χ3n) is 3.88. The van der Waals surface area contributed by atoms with Gasteiger partial charge in [-0.05, 0) is 48.5 Å². The molecule has 3 aromatic carbocycles. The van der Waals surface area contributed by atoms with Crippen molar-refractivity contribution in [1.29, 1.82) is 0 Å². The van der Waals surface area contributed by atoms with E-state index in [0.29, 0.717) is 16.9 Å². The molecular weight excluding hydrogens is 388 g/mol. The van der Waals surface area contributed by atoms with Crippen molar-refractivity contribution in [2.75, 3.05) is 17.7 Å². The lowest BCUT2D eigenvalue weighted by molar-refractivity contribution is -0.133. The van der Waals surface area contributed by atoms with Gasteiger partial charge < -0.3 is 15.4 Å². The normalized spacial score (nSPS) is 10.1. The van der Waals surface area contributed by atoms with Crippen LogP contribution in [0.5, 0.6) is 0 Å². The number of hydrogen-bond donors (Lipinski definition) is 2. The summed E-state index contributed by atoms with van der Waals surface area (Å²) in [5.41, 5.74) is 1.29. The molecule has 29 heavy (non-hydrogen) atoms. The Bertz CT molecular complexity index is 1020.